The summed E-state index contributed by atoms with van der Waals surface area (Å²) in [5, 5.41) is 7.36. The normalized spacial score (nSPS) is 11.6. The molecule has 10 heteroatoms. The van der Waals surface area contributed by atoms with E-state index in [1.165, 1.54) is 11.3 Å². The van der Waals surface area contributed by atoms with E-state index in [-0.39, 0.29) is 9.47 Å². The number of nitrogens with one attached hydrogen (secondary N) is 1. The van der Waals surface area contributed by atoms with Crippen LogP contribution in [0.2, 0.25) is 0 Å². The van der Waals surface area contributed by atoms with E-state index in [2.05, 4.69) is 19.9 Å². The van der Waals surface area contributed by atoms with E-state index < -0.39 is 10.0 Å². The molecule has 0 saturated heterocycles. The van der Waals surface area contributed by atoms with Crippen LogP contribution < -0.4 is 10.5 Å². The first-order valence-electron chi connectivity index (χ1n) is 4.44. The maximum Gasteiger partial charge on any atom is 0.293 e. The number of anilines is 2. The van der Waals surface area contributed by atoms with Crippen LogP contribution in [0.15, 0.2) is 4.34 Å². The number of sulfonamides is 1. The van der Waals surface area contributed by atoms with Crippen LogP contribution in [0.5, 0.6) is 0 Å². The molecule has 2 aromatic heterocycles. The Kier molecular flexibility index (Phi) is 3.02. The molecule has 0 saturated carbocycles. The van der Waals surface area contributed by atoms with Crippen LogP contribution >= 0.6 is 22.7 Å². The molecule has 0 aliphatic rings. The second-order valence-corrected chi connectivity index (χ2v) is 7.24. The number of rotatable bonds is 3. The molecule has 0 bridgehead atoms. The van der Waals surface area contributed by atoms with Gasteiger partial charge in [-0.25, -0.2) is 4.98 Å². The molecule has 2 aromatic rings. The van der Waals surface area contributed by atoms with Gasteiger partial charge in [-0.2, -0.15) is 8.42 Å². The van der Waals surface area contributed by atoms with Gasteiger partial charge in [0.1, 0.15) is 0 Å². The fourth-order valence-corrected chi connectivity index (χ4v) is 3.84. The first kappa shape index (κ1) is 12.2. The van der Waals surface area contributed by atoms with Crippen LogP contribution in [0.3, 0.4) is 0 Å². The Bertz CT molecular complexity index is 625. The molecule has 0 radical (unpaired) electrons. The predicted molar refractivity (Wildman–Crippen MR) is 66.7 cm³/mol. The van der Waals surface area contributed by atoms with Crippen molar-refractivity contribution in [2.45, 2.75) is 18.2 Å². The SMILES string of the molecule is Cc1nc(NS(=O)(=O)c2nnc(N)s2)sc1C. The lowest BCUT2D eigenvalue weighted by Gasteiger charge is -1.99. The van der Waals surface area contributed by atoms with Crippen LogP contribution in [0.4, 0.5) is 10.3 Å². The summed E-state index contributed by atoms with van der Waals surface area (Å²) >= 11 is 2.07. The van der Waals surface area contributed by atoms with Crippen LogP contribution in [0.1, 0.15) is 10.6 Å². The summed E-state index contributed by atoms with van der Waals surface area (Å²) in [4.78, 5) is 5.04. The third kappa shape index (κ3) is 2.53. The molecule has 0 aliphatic heterocycles. The molecule has 3 N–H and O–H groups in total. The molecule has 7 nitrogen and oxygen atoms in total. The third-order valence-electron chi connectivity index (χ3n) is 1.90. The van der Waals surface area contributed by atoms with Gasteiger partial charge >= 0.3 is 0 Å². The lowest BCUT2D eigenvalue weighted by molar-refractivity contribution is 0.599. The van der Waals surface area contributed by atoms with Crippen molar-refractivity contribution in [1.29, 1.82) is 0 Å². The predicted octanol–water partition coefficient (Wildman–Crippen LogP) is 0.994. The van der Waals surface area contributed by atoms with Crippen molar-refractivity contribution in [3.8, 4) is 0 Å². The Labute approximate surface area is 106 Å². The molecule has 0 unspecified atom stereocenters. The average molecular weight is 291 g/mol. The lowest BCUT2D eigenvalue weighted by atomic mass is 10.4. The van der Waals surface area contributed by atoms with E-state index >= 15 is 0 Å². The minimum atomic E-state index is -3.73. The first-order chi connectivity index (χ1) is 7.88. The van der Waals surface area contributed by atoms with Crippen molar-refractivity contribution in [2.24, 2.45) is 0 Å². The molecule has 2 rings (SSSR count). The molecule has 0 fully saturated rings. The number of nitrogen functional groups attached to an aromatic ring is 1. The molecule has 0 aromatic carbocycles. The zero-order valence-corrected chi connectivity index (χ0v) is 11.4. The Morgan fingerprint density at radius 2 is 1.94 bits per heavy atom. The standard InChI is InChI=1S/C7H9N5O2S3/c1-3-4(2)15-6(9-3)12-17(13,14)7-11-10-5(8)16-7/h1-2H3,(H2,8,10)(H,9,12). The zero-order valence-electron chi connectivity index (χ0n) is 8.96. The highest BCUT2D eigenvalue weighted by atomic mass is 32.2. The molecule has 2 heterocycles. The second kappa shape index (κ2) is 4.20. The Hall–Kier alpha value is -1.26. The van der Waals surface area contributed by atoms with E-state index in [4.69, 9.17) is 5.73 Å². The highest BCUT2D eigenvalue weighted by molar-refractivity contribution is 7.94. The Morgan fingerprint density at radius 1 is 1.24 bits per heavy atom. The van der Waals surface area contributed by atoms with Crippen LogP contribution in [0, 0.1) is 13.8 Å². The topological polar surface area (TPSA) is 111 Å². The van der Waals surface area contributed by atoms with Crippen molar-refractivity contribution in [3.05, 3.63) is 10.6 Å². The number of hydrogen-bond donors (Lipinski definition) is 2. The summed E-state index contributed by atoms with van der Waals surface area (Å²) in [7, 11) is -3.73. The van der Waals surface area contributed by atoms with Gasteiger partial charge in [0.2, 0.25) is 5.13 Å². The highest BCUT2D eigenvalue weighted by Crippen LogP contribution is 2.25. The number of nitrogens with zero attached hydrogens (tertiary/aromatic N) is 3. The van der Waals surface area contributed by atoms with Gasteiger partial charge < -0.3 is 5.73 Å². The van der Waals surface area contributed by atoms with Gasteiger partial charge in [-0.3, -0.25) is 4.72 Å². The molecular weight excluding hydrogens is 282 g/mol. The lowest BCUT2D eigenvalue weighted by Crippen LogP contribution is -2.12. The van der Waals surface area contributed by atoms with E-state index in [1.807, 2.05) is 13.8 Å². The summed E-state index contributed by atoms with van der Waals surface area (Å²) in [5.41, 5.74) is 6.13. The third-order valence-corrected chi connectivity index (χ3v) is 5.48. The minimum Gasteiger partial charge on any atom is -0.374 e. The van der Waals surface area contributed by atoms with Gasteiger partial charge in [-0.1, -0.05) is 11.3 Å². The highest BCUT2D eigenvalue weighted by Gasteiger charge is 2.21. The second-order valence-electron chi connectivity index (χ2n) is 3.17. The molecular formula is C7H9N5O2S3. The van der Waals surface area contributed by atoms with E-state index in [1.54, 1.807) is 0 Å². The van der Waals surface area contributed by atoms with Crippen molar-refractivity contribution in [2.75, 3.05) is 10.5 Å². The smallest absolute Gasteiger partial charge is 0.293 e. The van der Waals surface area contributed by atoms with E-state index in [0.717, 1.165) is 21.9 Å². The zero-order chi connectivity index (χ0) is 12.6. The van der Waals surface area contributed by atoms with Gasteiger partial charge in [0.05, 0.1) is 5.69 Å². The van der Waals surface area contributed by atoms with E-state index in [9.17, 15) is 8.42 Å². The monoisotopic (exact) mass is 291 g/mol. The van der Waals surface area contributed by atoms with Crippen molar-refractivity contribution in [3.63, 3.8) is 0 Å². The largest absolute Gasteiger partial charge is 0.374 e. The van der Waals surface area contributed by atoms with Gasteiger partial charge in [-0.05, 0) is 13.8 Å². The molecule has 17 heavy (non-hydrogen) atoms. The Morgan fingerprint density at radius 3 is 2.41 bits per heavy atom. The summed E-state index contributed by atoms with van der Waals surface area (Å²) < 4.78 is 25.9. The number of thiazole rings is 1. The summed E-state index contributed by atoms with van der Waals surface area (Å²) in [5.74, 6) is 0. The molecule has 0 amide bonds. The summed E-state index contributed by atoms with van der Waals surface area (Å²) in [6, 6.07) is 0. The maximum atomic E-state index is 11.8. The molecule has 0 aliphatic carbocycles. The Balaban J connectivity index is 2.29. The summed E-state index contributed by atoms with van der Waals surface area (Å²) in [6.07, 6.45) is 0. The number of aryl methyl sites for hydroxylation is 2. The van der Waals surface area contributed by atoms with Crippen molar-refractivity contribution >= 4 is 43.0 Å². The average Bonchev–Trinajstić information content (AvgIpc) is 2.75. The fourth-order valence-electron chi connectivity index (χ4n) is 1.00. The quantitative estimate of drug-likeness (QED) is 0.872. The van der Waals surface area contributed by atoms with E-state index in [0.29, 0.717) is 5.13 Å². The van der Waals surface area contributed by atoms with Gasteiger partial charge in [-0.15, -0.1) is 21.5 Å². The van der Waals surface area contributed by atoms with Crippen molar-refractivity contribution in [1.82, 2.24) is 15.2 Å². The van der Waals surface area contributed by atoms with Crippen LogP contribution in [-0.4, -0.2) is 23.6 Å². The number of hydrogen-bond acceptors (Lipinski definition) is 8. The summed E-state index contributed by atoms with van der Waals surface area (Å²) in [6.45, 7) is 3.68. The fraction of sp³-hybridized carbons (Fsp3) is 0.286. The maximum absolute atomic E-state index is 11.8. The number of aromatic nitrogens is 3. The van der Waals surface area contributed by atoms with Gasteiger partial charge in [0.15, 0.2) is 5.13 Å². The van der Waals surface area contributed by atoms with Gasteiger partial charge in [0.25, 0.3) is 14.4 Å². The molecule has 0 spiro atoms. The number of nitrogens with two attached hydrogens (primary N) is 1. The van der Waals surface area contributed by atoms with Crippen LogP contribution in [-0.2, 0) is 10.0 Å². The minimum absolute atomic E-state index is 0.108. The molecule has 0 atom stereocenters. The van der Waals surface area contributed by atoms with Gasteiger partial charge in [0, 0.05) is 4.88 Å². The van der Waals surface area contributed by atoms with Crippen LogP contribution in [0.25, 0.3) is 0 Å². The first-order valence-corrected chi connectivity index (χ1v) is 7.56. The molecule has 92 valence electrons. The van der Waals surface area contributed by atoms with Crippen molar-refractivity contribution < 1.29 is 8.42 Å².